The maximum absolute atomic E-state index is 9.58. The van der Waals surface area contributed by atoms with Gasteiger partial charge in [-0.15, -0.1) is 0 Å². The van der Waals surface area contributed by atoms with Crippen molar-refractivity contribution in [3.05, 3.63) is 23.8 Å². The van der Waals surface area contributed by atoms with Crippen molar-refractivity contribution < 1.29 is 14.6 Å². The zero-order valence-electron chi connectivity index (χ0n) is 8.19. The first-order valence-corrected chi connectivity index (χ1v) is 4.76. The van der Waals surface area contributed by atoms with Crippen molar-refractivity contribution >= 4 is 0 Å². The second kappa shape index (κ2) is 3.88. The molecule has 0 amide bonds. The predicted molar refractivity (Wildman–Crippen MR) is 52.8 cm³/mol. The first-order chi connectivity index (χ1) is 6.83. The van der Waals surface area contributed by atoms with E-state index in [4.69, 9.17) is 9.47 Å². The van der Waals surface area contributed by atoms with Crippen LogP contribution in [0.1, 0.15) is 17.9 Å². The van der Waals surface area contributed by atoms with Crippen LogP contribution in [0.15, 0.2) is 18.2 Å². The van der Waals surface area contributed by atoms with Crippen molar-refractivity contribution in [1.29, 1.82) is 0 Å². The third-order valence-corrected chi connectivity index (χ3v) is 2.55. The lowest BCUT2D eigenvalue weighted by Gasteiger charge is -2.25. The Hall–Kier alpha value is -1.22. The van der Waals surface area contributed by atoms with Gasteiger partial charge in [-0.05, 0) is 12.5 Å². The van der Waals surface area contributed by atoms with E-state index in [0.717, 1.165) is 12.0 Å². The van der Waals surface area contributed by atoms with Crippen molar-refractivity contribution in [3.8, 4) is 11.5 Å². The summed E-state index contributed by atoms with van der Waals surface area (Å²) in [7, 11) is 1.69. The van der Waals surface area contributed by atoms with E-state index >= 15 is 0 Å². The molecule has 76 valence electrons. The van der Waals surface area contributed by atoms with Crippen LogP contribution in [0, 0.1) is 0 Å². The molecule has 0 spiro atoms. The van der Waals surface area contributed by atoms with Gasteiger partial charge in [0.25, 0.3) is 0 Å². The maximum atomic E-state index is 9.58. The fourth-order valence-corrected chi connectivity index (χ4v) is 1.85. The summed E-state index contributed by atoms with van der Waals surface area (Å²) in [6, 6.07) is 5.47. The fraction of sp³-hybridized carbons (Fsp3) is 0.455. The zero-order chi connectivity index (χ0) is 9.97. The zero-order valence-corrected chi connectivity index (χ0v) is 8.19. The van der Waals surface area contributed by atoms with Crippen molar-refractivity contribution in [2.24, 2.45) is 0 Å². The van der Waals surface area contributed by atoms with Crippen LogP contribution < -0.4 is 4.74 Å². The Balaban J connectivity index is 2.34. The molecule has 0 saturated heterocycles. The van der Waals surface area contributed by atoms with E-state index in [1.54, 1.807) is 13.2 Å². The molecule has 1 aromatic rings. The van der Waals surface area contributed by atoms with E-state index in [2.05, 4.69) is 0 Å². The van der Waals surface area contributed by atoms with Gasteiger partial charge in [0.15, 0.2) is 11.5 Å². The molecule has 1 aromatic carbocycles. The van der Waals surface area contributed by atoms with Gasteiger partial charge in [0.1, 0.15) is 0 Å². The summed E-state index contributed by atoms with van der Waals surface area (Å²) in [5, 5.41) is 9.58. The molecule has 1 N–H and O–H groups in total. The summed E-state index contributed by atoms with van der Waals surface area (Å²) in [5.74, 6) is 1.19. The molecule has 0 fully saturated rings. The van der Waals surface area contributed by atoms with Crippen LogP contribution in [0.5, 0.6) is 11.5 Å². The molecular weight excluding hydrogens is 180 g/mol. The van der Waals surface area contributed by atoms with Gasteiger partial charge in [-0.1, -0.05) is 12.1 Å². The van der Waals surface area contributed by atoms with E-state index < -0.39 is 0 Å². The molecule has 0 radical (unpaired) electrons. The molecule has 1 aliphatic rings. The highest BCUT2D eigenvalue weighted by atomic mass is 16.5. The number of ether oxygens (including phenoxy) is 2. The van der Waals surface area contributed by atoms with Crippen LogP contribution in [0.4, 0.5) is 0 Å². The van der Waals surface area contributed by atoms with Gasteiger partial charge in [0.2, 0.25) is 0 Å². The molecule has 3 nitrogen and oxygen atoms in total. The van der Waals surface area contributed by atoms with Gasteiger partial charge in [-0.2, -0.15) is 0 Å². The third-order valence-electron chi connectivity index (χ3n) is 2.55. The van der Waals surface area contributed by atoms with Crippen LogP contribution >= 0.6 is 0 Å². The van der Waals surface area contributed by atoms with Crippen LogP contribution in [0.2, 0.25) is 0 Å². The fourth-order valence-electron chi connectivity index (χ4n) is 1.85. The molecule has 14 heavy (non-hydrogen) atoms. The van der Waals surface area contributed by atoms with Crippen LogP contribution in [0.25, 0.3) is 0 Å². The molecule has 0 aromatic heterocycles. The van der Waals surface area contributed by atoms with Gasteiger partial charge >= 0.3 is 0 Å². The Morgan fingerprint density at radius 1 is 1.57 bits per heavy atom. The summed E-state index contributed by atoms with van der Waals surface area (Å²) in [6.45, 7) is 1.33. The largest absolute Gasteiger partial charge is 0.504 e. The smallest absolute Gasteiger partial charge is 0.164 e. The summed E-state index contributed by atoms with van der Waals surface area (Å²) < 4.78 is 10.6. The number of hydrogen-bond acceptors (Lipinski definition) is 3. The Morgan fingerprint density at radius 3 is 3.21 bits per heavy atom. The number of methoxy groups -OCH3 is 1. The molecule has 1 unspecified atom stereocenters. The van der Waals surface area contributed by atoms with Crippen molar-refractivity contribution in [1.82, 2.24) is 0 Å². The lowest BCUT2D eigenvalue weighted by atomic mass is 9.94. The average molecular weight is 194 g/mol. The second-order valence-corrected chi connectivity index (χ2v) is 3.48. The Kier molecular flexibility index (Phi) is 2.59. The number of rotatable bonds is 2. The standard InChI is InChI=1S/C11H14O3/c1-13-7-8-5-6-14-11-9(8)3-2-4-10(11)12/h2-4,8,12H,5-7H2,1H3. The van der Waals surface area contributed by atoms with Gasteiger partial charge in [0.05, 0.1) is 13.2 Å². The Labute approximate surface area is 83.3 Å². The minimum atomic E-state index is 0.225. The first-order valence-electron chi connectivity index (χ1n) is 4.76. The number of para-hydroxylation sites is 1. The Morgan fingerprint density at radius 2 is 2.43 bits per heavy atom. The van der Waals surface area contributed by atoms with E-state index in [1.807, 2.05) is 12.1 Å². The van der Waals surface area contributed by atoms with Gasteiger partial charge in [0, 0.05) is 18.6 Å². The SMILES string of the molecule is COCC1CCOc2c(O)cccc21. The second-order valence-electron chi connectivity index (χ2n) is 3.48. The number of aromatic hydroxyl groups is 1. The topological polar surface area (TPSA) is 38.7 Å². The number of benzene rings is 1. The highest BCUT2D eigenvalue weighted by Gasteiger charge is 2.23. The number of hydrogen-bond donors (Lipinski definition) is 1. The molecule has 1 heterocycles. The van der Waals surface area contributed by atoms with Crippen LogP contribution in [0.3, 0.4) is 0 Å². The van der Waals surface area contributed by atoms with Gasteiger partial charge in [-0.25, -0.2) is 0 Å². The minimum Gasteiger partial charge on any atom is -0.504 e. The average Bonchev–Trinajstić information content (AvgIpc) is 2.20. The highest BCUT2D eigenvalue weighted by Crippen LogP contribution is 2.39. The molecule has 1 atom stereocenters. The summed E-state index contributed by atoms with van der Waals surface area (Å²) in [6.07, 6.45) is 0.949. The number of phenols is 1. The van der Waals surface area contributed by atoms with E-state index in [1.165, 1.54) is 0 Å². The van der Waals surface area contributed by atoms with Crippen molar-refractivity contribution in [3.63, 3.8) is 0 Å². The predicted octanol–water partition coefficient (Wildman–Crippen LogP) is 1.90. The molecular formula is C11H14O3. The normalized spacial score (nSPS) is 19.9. The van der Waals surface area contributed by atoms with E-state index in [9.17, 15) is 5.11 Å². The van der Waals surface area contributed by atoms with E-state index in [-0.39, 0.29) is 5.75 Å². The Bertz CT molecular complexity index is 322. The monoisotopic (exact) mass is 194 g/mol. The summed E-state index contributed by atoms with van der Waals surface area (Å²) >= 11 is 0. The van der Waals surface area contributed by atoms with Crippen molar-refractivity contribution in [2.45, 2.75) is 12.3 Å². The maximum Gasteiger partial charge on any atom is 0.164 e. The summed E-state index contributed by atoms with van der Waals surface area (Å²) in [4.78, 5) is 0. The molecule has 0 saturated carbocycles. The van der Waals surface area contributed by atoms with Gasteiger partial charge in [-0.3, -0.25) is 0 Å². The van der Waals surface area contributed by atoms with Gasteiger partial charge < -0.3 is 14.6 Å². The van der Waals surface area contributed by atoms with E-state index in [0.29, 0.717) is 24.9 Å². The molecule has 3 heteroatoms. The lowest BCUT2D eigenvalue weighted by Crippen LogP contribution is -2.17. The molecule has 0 bridgehead atoms. The highest BCUT2D eigenvalue weighted by molar-refractivity contribution is 5.48. The van der Waals surface area contributed by atoms with Crippen LogP contribution in [-0.4, -0.2) is 25.4 Å². The molecule has 1 aliphatic heterocycles. The van der Waals surface area contributed by atoms with Crippen molar-refractivity contribution in [2.75, 3.05) is 20.3 Å². The first kappa shape index (κ1) is 9.34. The molecule has 0 aliphatic carbocycles. The lowest BCUT2D eigenvalue weighted by molar-refractivity contribution is 0.152. The quantitative estimate of drug-likeness (QED) is 0.781. The minimum absolute atomic E-state index is 0.225. The van der Waals surface area contributed by atoms with Crippen LogP contribution in [-0.2, 0) is 4.74 Å². The number of fused-ring (bicyclic) bond motifs is 1. The summed E-state index contributed by atoms with van der Waals surface area (Å²) in [5.41, 5.74) is 1.05. The molecule has 2 rings (SSSR count). The number of phenolic OH excluding ortho intramolecular Hbond substituents is 1. The third kappa shape index (κ3) is 1.55.